The Balaban J connectivity index is 1.12. The highest BCUT2D eigenvalue weighted by molar-refractivity contribution is 6.24. The van der Waals surface area contributed by atoms with E-state index >= 15 is 0 Å². The number of fused-ring (bicyclic) bond motifs is 7. The molecule has 0 amide bonds. The number of furan rings is 2. The maximum atomic E-state index is 6.88. The molecular weight excluding hydrogens is 663 g/mol. The first-order valence-electron chi connectivity index (χ1n) is 18.3. The smallest absolute Gasteiger partial charge is 0.164 e. The van der Waals surface area contributed by atoms with E-state index in [0.29, 0.717) is 23.4 Å². The normalized spacial score (nSPS) is 14.4. The first-order valence-corrected chi connectivity index (χ1v) is 18.3. The molecule has 1 atom stereocenters. The van der Waals surface area contributed by atoms with E-state index in [4.69, 9.17) is 23.8 Å². The molecule has 5 nitrogen and oxygen atoms in total. The molecule has 0 saturated carbocycles. The van der Waals surface area contributed by atoms with Crippen LogP contribution in [0.5, 0.6) is 0 Å². The van der Waals surface area contributed by atoms with Crippen molar-refractivity contribution in [3.63, 3.8) is 0 Å². The number of para-hydroxylation sites is 2. The van der Waals surface area contributed by atoms with Gasteiger partial charge in [0.25, 0.3) is 0 Å². The number of hydrogen-bond donors (Lipinski definition) is 0. The van der Waals surface area contributed by atoms with Crippen LogP contribution in [0.15, 0.2) is 179 Å². The van der Waals surface area contributed by atoms with Crippen molar-refractivity contribution in [2.24, 2.45) is 0 Å². The lowest BCUT2D eigenvalue weighted by molar-refractivity contribution is 0.669. The number of aromatic nitrogens is 3. The summed E-state index contributed by atoms with van der Waals surface area (Å²) in [5.74, 6) is 2.20. The van der Waals surface area contributed by atoms with Crippen LogP contribution in [0.2, 0.25) is 0 Å². The van der Waals surface area contributed by atoms with Crippen molar-refractivity contribution in [2.45, 2.75) is 12.3 Å². The van der Waals surface area contributed by atoms with Gasteiger partial charge in [0, 0.05) is 55.3 Å². The lowest BCUT2D eigenvalue weighted by atomic mass is 9.90. The zero-order valence-corrected chi connectivity index (χ0v) is 29.1. The van der Waals surface area contributed by atoms with Crippen molar-refractivity contribution in [1.29, 1.82) is 0 Å². The van der Waals surface area contributed by atoms with E-state index < -0.39 is 0 Å². The van der Waals surface area contributed by atoms with Gasteiger partial charge in [-0.3, -0.25) is 0 Å². The highest BCUT2D eigenvalue weighted by Crippen LogP contribution is 2.46. The number of nitrogens with zero attached hydrogens (tertiary/aromatic N) is 3. The molecule has 3 aromatic heterocycles. The topological polar surface area (TPSA) is 65.0 Å². The largest absolute Gasteiger partial charge is 0.456 e. The molecule has 0 bridgehead atoms. The summed E-state index contributed by atoms with van der Waals surface area (Å²) in [4.78, 5) is 15.3. The fourth-order valence-corrected chi connectivity index (χ4v) is 8.14. The monoisotopic (exact) mass is 693 g/mol. The Labute approximate surface area is 310 Å². The SMILES string of the molecule is C1=CC(c2ccccc2)CC=C1c1nc(-c2ccccc2)nc(-c2cccc3oc4c(-c5c6ccccc6cc6oc7ccccc7c56)cccc4c23)n1. The molecule has 1 aliphatic carbocycles. The number of rotatable bonds is 5. The Morgan fingerprint density at radius 3 is 2.04 bits per heavy atom. The average Bonchev–Trinajstić information content (AvgIpc) is 3.82. The average molecular weight is 694 g/mol. The quantitative estimate of drug-likeness (QED) is 0.179. The van der Waals surface area contributed by atoms with Gasteiger partial charge in [-0.25, -0.2) is 15.0 Å². The summed E-state index contributed by atoms with van der Waals surface area (Å²) in [6.45, 7) is 0. The predicted molar refractivity (Wildman–Crippen MR) is 219 cm³/mol. The Morgan fingerprint density at radius 1 is 0.500 bits per heavy atom. The molecule has 11 rings (SSSR count). The maximum Gasteiger partial charge on any atom is 0.164 e. The van der Waals surface area contributed by atoms with Crippen molar-refractivity contribution < 1.29 is 8.83 Å². The molecule has 3 heterocycles. The van der Waals surface area contributed by atoms with Crippen molar-refractivity contribution >= 4 is 60.2 Å². The van der Waals surface area contributed by atoms with Gasteiger partial charge in [-0.2, -0.15) is 0 Å². The Bertz CT molecular complexity index is 3140. The Kier molecular flexibility index (Phi) is 6.92. The highest BCUT2D eigenvalue weighted by atomic mass is 16.3. The van der Waals surface area contributed by atoms with Crippen molar-refractivity contribution in [3.8, 4) is 33.9 Å². The summed E-state index contributed by atoms with van der Waals surface area (Å²) in [5, 5.41) is 6.38. The molecule has 254 valence electrons. The van der Waals surface area contributed by atoms with E-state index in [2.05, 4.69) is 115 Å². The van der Waals surface area contributed by atoms with Crippen molar-refractivity contribution in [1.82, 2.24) is 15.0 Å². The second kappa shape index (κ2) is 12.2. The third-order valence-corrected chi connectivity index (χ3v) is 10.7. The van der Waals surface area contributed by atoms with Gasteiger partial charge in [0.05, 0.1) is 0 Å². The molecule has 0 spiro atoms. The van der Waals surface area contributed by atoms with Crippen LogP contribution in [0.1, 0.15) is 23.7 Å². The van der Waals surface area contributed by atoms with Crippen molar-refractivity contribution in [3.05, 3.63) is 181 Å². The van der Waals surface area contributed by atoms with E-state index in [-0.39, 0.29) is 0 Å². The first-order chi connectivity index (χ1) is 26.8. The van der Waals surface area contributed by atoms with Gasteiger partial charge < -0.3 is 8.83 Å². The van der Waals surface area contributed by atoms with E-state index in [1.54, 1.807) is 0 Å². The summed E-state index contributed by atoms with van der Waals surface area (Å²) in [6.07, 6.45) is 7.53. The van der Waals surface area contributed by atoms with Gasteiger partial charge in [-0.15, -0.1) is 0 Å². The third kappa shape index (κ3) is 4.90. The van der Waals surface area contributed by atoms with Gasteiger partial charge in [0.15, 0.2) is 17.5 Å². The summed E-state index contributed by atoms with van der Waals surface area (Å²) in [7, 11) is 0. The van der Waals surface area contributed by atoms with E-state index in [1.165, 1.54) is 5.56 Å². The van der Waals surface area contributed by atoms with Crippen LogP contribution in [0.3, 0.4) is 0 Å². The Morgan fingerprint density at radius 2 is 1.19 bits per heavy atom. The second-order valence-corrected chi connectivity index (χ2v) is 13.9. The summed E-state index contributed by atoms with van der Waals surface area (Å²) in [6, 6.07) is 52.2. The fraction of sp³-hybridized carbons (Fsp3) is 0.0408. The molecule has 0 saturated heterocycles. The molecule has 1 unspecified atom stereocenters. The zero-order chi connectivity index (χ0) is 35.6. The molecule has 10 aromatic rings. The molecule has 0 fully saturated rings. The first kappa shape index (κ1) is 30.5. The minimum atomic E-state index is 0.313. The maximum absolute atomic E-state index is 6.88. The van der Waals surface area contributed by atoms with Crippen LogP contribution in [-0.4, -0.2) is 15.0 Å². The minimum absolute atomic E-state index is 0.313. The lowest BCUT2D eigenvalue weighted by Crippen LogP contribution is -2.05. The predicted octanol–water partition coefficient (Wildman–Crippen LogP) is 13.0. The molecule has 1 aliphatic rings. The van der Waals surface area contributed by atoms with Crippen LogP contribution < -0.4 is 0 Å². The second-order valence-electron chi connectivity index (χ2n) is 13.9. The molecule has 0 aliphatic heterocycles. The van der Waals surface area contributed by atoms with Gasteiger partial charge in [0.2, 0.25) is 0 Å². The highest BCUT2D eigenvalue weighted by Gasteiger charge is 2.23. The number of benzene rings is 7. The Hall–Kier alpha value is -7.11. The summed E-state index contributed by atoms with van der Waals surface area (Å²) >= 11 is 0. The molecule has 5 heteroatoms. The van der Waals surface area contributed by atoms with E-state index in [1.807, 2.05) is 54.6 Å². The summed E-state index contributed by atoms with van der Waals surface area (Å²) < 4.78 is 13.3. The van der Waals surface area contributed by atoms with Gasteiger partial charge >= 0.3 is 0 Å². The third-order valence-electron chi connectivity index (χ3n) is 10.7. The number of hydrogen-bond acceptors (Lipinski definition) is 5. The number of allylic oxidation sites excluding steroid dienone is 4. The molecule has 54 heavy (non-hydrogen) atoms. The van der Waals surface area contributed by atoms with Crippen molar-refractivity contribution in [2.75, 3.05) is 0 Å². The van der Waals surface area contributed by atoms with Crippen LogP contribution >= 0.6 is 0 Å². The van der Waals surface area contributed by atoms with Gasteiger partial charge in [0.1, 0.15) is 22.3 Å². The lowest BCUT2D eigenvalue weighted by Gasteiger charge is -2.17. The molecule has 7 aromatic carbocycles. The molecule has 0 radical (unpaired) electrons. The zero-order valence-electron chi connectivity index (χ0n) is 29.1. The van der Waals surface area contributed by atoms with Gasteiger partial charge in [-0.1, -0.05) is 152 Å². The van der Waals surface area contributed by atoms with Crippen LogP contribution in [0.25, 0.3) is 94.1 Å². The molecular formula is C49H31N3O2. The van der Waals surface area contributed by atoms with Crippen LogP contribution in [0, 0.1) is 0 Å². The van der Waals surface area contributed by atoms with Crippen LogP contribution in [-0.2, 0) is 0 Å². The minimum Gasteiger partial charge on any atom is -0.456 e. The standard InChI is InChI=1S/C49H31N3O2/c1-3-13-30(14-4-1)31-25-27-33(28-26-31)48-50-47(32-15-5-2-6-16-32)51-49(52-48)39-22-12-24-41-43(39)37-20-11-21-38(46(37)54-41)44-35-18-8-7-17-34(35)29-42-45(44)36-19-9-10-23-40(36)53-42/h1-25,27-29,31H,26H2. The fourth-order valence-electron chi connectivity index (χ4n) is 8.14. The summed E-state index contributed by atoms with van der Waals surface area (Å²) in [5.41, 5.74) is 9.52. The van der Waals surface area contributed by atoms with E-state index in [0.717, 1.165) is 88.9 Å². The van der Waals surface area contributed by atoms with Gasteiger partial charge in [-0.05, 0) is 41.0 Å². The van der Waals surface area contributed by atoms with E-state index in [9.17, 15) is 0 Å². The molecule has 0 N–H and O–H groups in total. The van der Waals surface area contributed by atoms with Crippen LogP contribution in [0.4, 0.5) is 0 Å².